The van der Waals surface area contributed by atoms with Crippen molar-refractivity contribution in [2.75, 3.05) is 7.11 Å². The van der Waals surface area contributed by atoms with Crippen molar-refractivity contribution in [3.05, 3.63) is 71.8 Å². The molecular formula is C23H25BrO7. The van der Waals surface area contributed by atoms with Crippen LogP contribution >= 0.6 is 15.9 Å². The first-order valence-electron chi connectivity index (χ1n) is 9.85. The van der Waals surface area contributed by atoms with Crippen molar-refractivity contribution in [1.82, 2.24) is 0 Å². The van der Waals surface area contributed by atoms with Gasteiger partial charge in [0.25, 0.3) is 0 Å². The summed E-state index contributed by atoms with van der Waals surface area (Å²) < 4.78 is 28.4. The zero-order valence-corrected chi connectivity index (χ0v) is 18.9. The van der Waals surface area contributed by atoms with E-state index in [9.17, 15) is 9.59 Å². The highest BCUT2D eigenvalue weighted by molar-refractivity contribution is 9.09. The molecular weight excluding hydrogens is 468 g/mol. The zero-order valence-electron chi connectivity index (χ0n) is 17.3. The fourth-order valence-corrected chi connectivity index (χ4v) is 4.01. The van der Waals surface area contributed by atoms with Crippen molar-refractivity contribution in [2.45, 2.75) is 49.6 Å². The van der Waals surface area contributed by atoms with Gasteiger partial charge < -0.3 is 23.7 Å². The lowest BCUT2D eigenvalue weighted by molar-refractivity contribution is -0.242. The Morgan fingerprint density at radius 3 is 1.87 bits per heavy atom. The Morgan fingerprint density at radius 2 is 1.39 bits per heavy atom. The van der Waals surface area contributed by atoms with Crippen molar-refractivity contribution < 1.29 is 33.3 Å². The first-order valence-corrected chi connectivity index (χ1v) is 10.8. The summed E-state index contributed by atoms with van der Waals surface area (Å²) in [6, 6.07) is 19.2. The van der Waals surface area contributed by atoms with Gasteiger partial charge in [-0.25, -0.2) is 4.79 Å². The number of methoxy groups -OCH3 is 1. The summed E-state index contributed by atoms with van der Waals surface area (Å²) in [6.45, 7) is 1.79. The molecule has 1 fully saturated rings. The summed E-state index contributed by atoms with van der Waals surface area (Å²) >= 11 is 3.45. The molecule has 166 valence electrons. The van der Waals surface area contributed by atoms with E-state index in [-0.39, 0.29) is 13.2 Å². The van der Waals surface area contributed by atoms with Crippen molar-refractivity contribution in [3.63, 3.8) is 0 Å². The van der Waals surface area contributed by atoms with Gasteiger partial charge in [0.05, 0.1) is 20.3 Å². The zero-order chi connectivity index (χ0) is 22.2. The van der Waals surface area contributed by atoms with E-state index in [1.54, 1.807) is 0 Å². The van der Waals surface area contributed by atoms with E-state index in [1.165, 1.54) is 14.0 Å². The highest BCUT2D eigenvalue weighted by Crippen LogP contribution is 2.33. The van der Waals surface area contributed by atoms with Crippen molar-refractivity contribution >= 4 is 27.9 Å². The van der Waals surface area contributed by atoms with E-state index in [2.05, 4.69) is 15.9 Å². The molecule has 0 saturated carbocycles. The van der Waals surface area contributed by atoms with Crippen LogP contribution in [0.5, 0.6) is 0 Å². The molecule has 1 heterocycles. The summed E-state index contributed by atoms with van der Waals surface area (Å²) in [4.78, 5) is 24.2. The lowest BCUT2D eigenvalue weighted by Crippen LogP contribution is -2.61. The van der Waals surface area contributed by atoms with Gasteiger partial charge in [-0.1, -0.05) is 76.6 Å². The molecule has 0 radical (unpaired) electrons. The molecule has 3 rings (SSSR count). The molecule has 2 aromatic carbocycles. The molecule has 0 amide bonds. The van der Waals surface area contributed by atoms with Crippen LogP contribution in [0.1, 0.15) is 18.1 Å². The molecule has 0 aliphatic carbocycles. The number of benzene rings is 2. The van der Waals surface area contributed by atoms with E-state index in [0.29, 0.717) is 0 Å². The molecule has 2 aromatic rings. The second-order valence-electron chi connectivity index (χ2n) is 7.03. The maximum absolute atomic E-state index is 12.4. The van der Waals surface area contributed by atoms with Crippen LogP contribution < -0.4 is 0 Å². The van der Waals surface area contributed by atoms with Crippen molar-refractivity contribution in [1.29, 1.82) is 0 Å². The van der Waals surface area contributed by atoms with Crippen molar-refractivity contribution in [3.8, 4) is 0 Å². The average Bonchev–Trinajstić information content (AvgIpc) is 2.78. The minimum Gasteiger partial charge on any atom is -0.467 e. The van der Waals surface area contributed by atoms with Gasteiger partial charge in [0.1, 0.15) is 17.2 Å². The molecule has 8 heteroatoms. The minimum atomic E-state index is -1.16. The topological polar surface area (TPSA) is 80.3 Å². The van der Waals surface area contributed by atoms with Crippen LogP contribution in [0, 0.1) is 0 Å². The molecule has 1 saturated heterocycles. The molecule has 1 aliphatic heterocycles. The molecule has 1 aliphatic rings. The molecule has 0 bridgehead atoms. The Morgan fingerprint density at radius 1 is 0.871 bits per heavy atom. The summed E-state index contributed by atoms with van der Waals surface area (Å²) in [6.07, 6.45) is -3.64. The number of hydrogen-bond donors (Lipinski definition) is 0. The molecule has 5 unspecified atom stereocenters. The predicted molar refractivity (Wildman–Crippen MR) is 115 cm³/mol. The van der Waals surface area contributed by atoms with Crippen LogP contribution in [0.2, 0.25) is 0 Å². The maximum Gasteiger partial charge on any atom is 0.339 e. The smallest absolute Gasteiger partial charge is 0.339 e. The first-order chi connectivity index (χ1) is 15.0. The van der Waals surface area contributed by atoms with E-state index >= 15 is 0 Å². The number of carbonyl (C=O) groups excluding carboxylic acids is 2. The van der Waals surface area contributed by atoms with Crippen molar-refractivity contribution in [2.24, 2.45) is 0 Å². The van der Waals surface area contributed by atoms with Crippen LogP contribution in [-0.4, -0.2) is 48.5 Å². The van der Waals surface area contributed by atoms with Crippen LogP contribution in [0.25, 0.3) is 0 Å². The summed E-state index contributed by atoms with van der Waals surface area (Å²) in [5, 5.41) is -0.687. The SMILES string of the molecule is COC(=O)C1OC(Br)C(OCc2ccccc2)C(OCc2ccccc2)C1OC(C)=O. The van der Waals surface area contributed by atoms with Crippen LogP contribution in [-0.2, 0) is 46.5 Å². The van der Waals surface area contributed by atoms with Gasteiger partial charge in [0.15, 0.2) is 12.2 Å². The van der Waals surface area contributed by atoms with Gasteiger partial charge in [-0.2, -0.15) is 0 Å². The Balaban J connectivity index is 1.85. The van der Waals surface area contributed by atoms with Gasteiger partial charge >= 0.3 is 11.9 Å². The largest absolute Gasteiger partial charge is 0.467 e. The molecule has 0 spiro atoms. The molecule has 5 atom stereocenters. The minimum absolute atomic E-state index is 0.238. The Kier molecular flexibility index (Phi) is 8.60. The Bertz CT molecular complexity index is 846. The van der Waals surface area contributed by atoms with Gasteiger partial charge in [-0.15, -0.1) is 0 Å². The summed E-state index contributed by atoms with van der Waals surface area (Å²) in [5.74, 6) is -1.23. The summed E-state index contributed by atoms with van der Waals surface area (Å²) in [5.41, 5.74) is 1.89. The van der Waals surface area contributed by atoms with E-state index < -0.39 is 41.4 Å². The van der Waals surface area contributed by atoms with E-state index in [4.69, 9.17) is 23.7 Å². The van der Waals surface area contributed by atoms with E-state index in [1.807, 2.05) is 60.7 Å². The van der Waals surface area contributed by atoms with Gasteiger partial charge in [0.2, 0.25) is 0 Å². The third kappa shape index (κ3) is 6.36. The number of ether oxygens (including phenoxy) is 5. The second-order valence-corrected chi connectivity index (χ2v) is 7.93. The molecule has 0 N–H and O–H groups in total. The van der Waals surface area contributed by atoms with E-state index in [0.717, 1.165) is 11.1 Å². The number of rotatable bonds is 8. The second kappa shape index (κ2) is 11.4. The number of alkyl halides is 1. The molecule has 7 nitrogen and oxygen atoms in total. The van der Waals surface area contributed by atoms with Crippen LogP contribution in [0.4, 0.5) is 0 Å². The predicted octanol–water partition coefficient (Wildman–Crippen LogP) is 3.38. The van der Waals surface area contributed by atoms with Crippen LogP contribution in [0.3, 0.4) is 0 Å². The van der Waals surface area contributed by atoms with Gasteiger partial charge in [-0.3, -0.25) is 4.79 Å². The normalized spacial score (nSPS) is 25.6. The molecule has 0 aromatic heterocycles. The quantitative estimate of drug-likeness (QED) is 0.412. The number of carbonyl (C=O) groups is 2. The van der Waals surface area contributed by atoms with Gasteiger partial charge in [0, 0.05) is 6.92 Å². The number of hydrogen-bond acceptors (Lipinski definition) is 7. The monoisotopic (exact) mass is 492 g/mol. The van der Waals surface area contributed by atoms with Crippen LogP contribution in [0.15, 0.2) is 60.7 Å². The third-order valence-corrected chi connectivity index (χ3v) is 5.52. The maximum atomic E-state index is 12.4. The molecule has 31 heavy (non-hydrogen) atoms. The lowest BCUT2D eigenvalue weighted by atomic mass is 9.98. The fraction of sp³-hybridized carbons (Fsp3) is 0.391. The fourth-order valence-electron chi connectivity index (χ4n) is 3.32. The standard InChI is InChI=1S/C23H25BrO7/c1-15(25)30-19-18(28-13-16-9-5-3-6-10-16)20(22(24)31-21(19)23(26)27-2)29-14-17-11-7-4-8-12-17/h3-12,18-22H,13-14H2,1-2H3. The van der Waals surface area contributed by atoms with Gasteiger partial charge in [-0.05, 0) is 11.1 Å². The first kappa shape index (κ1) is 23.4. The Labute approximate surface area is 189 Å². The highest BCUT2D eigenvalue weighted by Gasteiger charge is 2.51. The number of esters is 2. The Hall–Kier alpha value is -2.26. The number of halogens is 1. The average molecular weight is 493 g/mol. The third-order valence-electron chi connectivity index (χ3n) is 4.79. The lowest BCUT2D eigenvalue weighted by Gasteiger charge is -2.43. The highest BCUT2D eigenvalue weighted by atomic mass is 79.9. The summed E-state index contributed by atoms with van der Waals surface area (Å²) in [7, 11) is 1.25.